The van der Waals surface area contributed by atoms with Gasteiger partial charge in [-0.2, -0.15) is 0 Å². The van der Waals surface area contributed by atoms with E-state index in [1.54, 1.807) is 24.3 Å². The summed E-state index contributed by atoms with van der Waals surface area (Å²) in [5.74, 6) is -0.742. The van der Waals surface area contributed by atoms with Gasteiger partial charge in [0.05, 0.1) is 0 Å². The Balaban J connectivity index is 1.92. The number of aliphatic carboxylic acids is 1. The van der Waals surface area contributed by atoms with E-state index in [1.807, 2.05) is 0 Å². The maximum Gasteiger partial charge on any atom is 0.328 e. The molecule has 20 heavy (non-hydrogen) atoms. The number of nitrogens with one attached hydrogen (secondary N) is 1. The second-order valence-electron chi connectivity index (χ2n) is 5.12. The van der Waals surface area contributed by atoms with Crippen LogP contribution in [-0.4, -0.2) is 17.0 Å². The molecule has 1 aliphatic carbocycles. The van der Waals surface area contributed by atoms with Gasteiger partial charge in [0.2, 0.25) is 5.91 Å². The molecule has 0 aliphatic heterocycles. The summed E-state index contributed by atoms with van der Waals surface area (Å²) >= 11 is 0. The molecule has 0 spiro atoms. The van der Waals surface area contributed by atoms with Crippen molar-refractivity contribution >= 4 is 23.6 Å². The first-order valence-electron chi connectivity index (χ1n) is 6.97. The van der Waals surface area contributed by atoms with Crippen molar-refractivity contribution in [3.63, 3.8) is 0 Å². The summed E-state index contributed by atoms with van der Waals surface area (Å²) in [5.41, 5.74) is 1.55. The van der Waals surface area contributed by atoms with E-state index in [2.05, 4.69) is 5.32 Å². The van der Waals surface area contributed by atoms with Gasteiger partial charge >= 0.3 is 5.97 Å². The van der Waals surface area contributed by atoms with Crippen LogP contribution in [0.1, 0.15) is 37.7 Å². The Labute approximate surface area is 118 Å². The van der Waals surface area contributed by atoms with Crippen LogP contribution < -0.4 is 5.32 Å². The molecule has 0 bridgehead atoms. The molecule has 1 saturated carbocycles. The van der Waals surface area contributed by atoms with Crippen LogP contribution in [-0.2, 0) is 9.59 Å². The van der Waals surface area contributed by atoms with E-state index in [9.17, 15) is 9.59 Å². The van der Waals surface area contributed by atoms with Gasteiger partial charge in [-0.05, 0) is 36.6 Å². The minimum atomic E-state index is -0.973. The van der Waals surface area contributed by atoms with E-state index < -0.39 is 5.97 Å². The molecule has 0 aromatic heterocycles. The average Bonchev–Trinajstić information content (AvgIpc) is 2.47. The number of hydrogen-bond acceptors (Lipinski definition) is 2. The lowest BCUT2D eigenvalue weighted by atomic mass is 9.88. The highest BCUT2D eigenvalue weighted by atomic mass is 16.4. The summed E-state index contributed by atoms with van der Waals surface area (Å²) < 4.78 is 0. The summed E-state index contributed by atoms with van der Waals surface area (Å²) in [7, 11) is 0. The highest BCUT2D eigenvalue weighted by Gasteiger charge is 2.20. The van der Waals surface area contributed by atoms with Crippen LogP contribution in [0.25, 0.3) is 6.08 Å². The molecule has 1 fully saturated rings. The van der Waals surface area contributed by atoms with Crippen LogP contribution >= 0.6 is 0 Å². The number of carbonyl (C=O) groups is 2. The maximum absolute atomic E-state index is 12.1. The number of carboxylic acid groups (broad SMARTS) is 1. The largest absolute Gasteiger partial charge is 0.478 e. The van der Waals surface area contributed by atoms with Gasteiger partial charge in [0, 0.05) is 17.7 Å². The Kier molecular flexibility index (Phi) is 4.93. The van der Waals surface area contributed by atoms with Crippen molar-refractivity contribution in [3.05, 3.63) is 35.9 Å². The molecule has 0 heterocycles. The highest BCUT2D eigenvalue weighted by Crippen LogP contribution is 2.25. The maximum atomic E-state index is 12.1. The van der Waals surface area contributed by atoms with E-state index in [0.29, 0.717) is 0 Å². The predicted molar refractivity (Wildman–Crippen MR) is 78.3 cm³/mol. The Hall–Kier alpha value is -2.10. The second kappa shape index (κ2) is 6.89. The first-order chi connectivity index (χ1) is 9.65. The van der Waals surface area contributed by atoms with Crippen molar-refractivity contribution in [1.82, 2.24) is 0 Å². The van der Waals surface area contributed by atoms with Crippen molar-refractivity contribution in [2.24, 2.45) is 5.92 Å². The van der Waals surface area contributed by atoms with Crippen molar-refractivity contribution in [2.45, 2.75) is 32.1 Å². The van der Waals surface area contributed by atoms with Gasteiger partial charge in [-0.1, -0.05) is 31.4 Å². The molecule has 4 nitrogen and oxygen atoms in total. The van der Waals surface area contributed by atoms with Gasteiger partial charge < -0.3 is 10.4 Å². The Morgan fingerprint density at radius 3 is 2.35 bits per heavy atom. The fourth-order valence-electron chi connectivity index (χ4n) is 2.45. The van der Waals surface area contributed by atoms with Crippen LogP contribution in [0.15, 0.2) is 30.3 Å². The number of anilines is 1. The minimum absolute atomic E-state index is 0.0959. The first kappa shape index (κ1) is 14.3. The quantitative estimate of drug-likeness (QED) is 0.827. The normalized spacial score (nSPS) is 16.2. The van der Waals surface area contributed by atoms with Gasteiger partial charge in [0.25, 0.3) is 0 Å². The van der Waals surface area contributed by atoms with Crippen molar-refractivity contribution in [1.29, 1.82) is 0 Å². The lowest BCUT2D eigenvalue weighted by Crippen LogP contribution is -2.24. The number of carboxylic acids is 1. The van der Waals surface area contributed by atoms with E-state index >= 15 is 0 Å². The number of amides is 1. The van der Waals surface area contributed by atoms with Gasteiger partial charge in [-0.3, -0.25) is 4.79 Å². The zero-order valence-corrected chi connectivity index (χ0v) is 11.3. The second-order valence-corrected chi connectivity index (χ2v) is 5.12. The van der Waals surface area contributed by atoms with Crippen molar-refractivity contribution in [2.75, 3.05) is 5.32 Å². The van der Waals surface area contributed by atoms with E-state index in [4.69, 9.17) is 5.11 Å². The summed E-state index contributed by atoms with van der Waals surface area (Å²) in [6.07, 6.45) is 8.07. The molecular weight excluding hydrogens is 254 g/mol. The van der Waals surface area contributed by atoms with Crippen LogP contribution in [0.4, 0.5) is 5.69 Å². The summed E-state index contributed by atoms with van der Waals surface area (Å²) in [6, 6.07) is 7.16. The summed E-state index contributed by atoms with van der Waals surface area (Å²) in [4.78, 5) is 22.5. The molecular formula is C16H19NO3. The Morgan fingerprint density at radius 2 is 1.75 bits per heavy atom. The van der Waals surface area contributed by atoms with Gasteiger partial charge in [-0.15, -0.1) is 0 Å². The number of hydrogen-bond donors (Lipinski definition) is 2. The monoisotopic (exact) mass is 273 g/mol. The number of benzene rings is 1. The molecule has 0 saturated heterocycles. The number of rotatable bonds is 4. The molecule has 1 aliphatic rings. The molecule has 1 amide bonds. The molecule has 2 rings (SSSR count). The topological polar surface area (TPSA) is 66.4 Å². The third-order valence-electron chi connectivity index (χ3n) is 3.57. The smallest absolute Gasteiger partial charge is 0.328 e. The molecule has 2 N–H and O–H groups in total. The zero-order chi connectivity index (χ0) is 14.4. The van der Waals surface area contributed by atoms with Crippen molar-refractivity contribution < 1.29 is 14.7 Å². The third-order valence-corrected chi connectivity index (χ3v) is 3.57. The molecule has 1 aromatic carbocycles. The molecule has 4 heteroatoms. The van der Waals surface area contributed by atoms with Crippen LogP contribution in [0.3, 0.4) is 0 Å². The van der Waals surface area contributed by atoms with Gasteiger partial charge in [0.1, 0.15) is 0 Å². The van der Waals surface area contributed by atoms with Crippen LogP contribution in [0.5, 0.6) is 0 Å². The molecule has 0 radical (unpaired) electrons. The summed E-state index contributed by atoms with van der Waals surface area (Å²) in [5, 5.41) is 11.5. The highest BCUT2D eigenvalue weighted by molar-refractivity contribution is 5.92. The lowest BCUT2D eigenvalue weighted by molar-refractivity contribution is -0.131. The molecule has 106 valence electrons. The number of carbonyl (C=O) groups excluding carboxylic acids is 1. The predicted octanol–water partition coefficient (Wildman–Crippen LogP) is 3.30. The van der Waals surface area contributed by atoms with Gasteiger partial charge in [-0.25, -0.2) is 4.79 Å². The standard InChI is InChI=1S/C16H19NO3/c18-15(19)11-8-12-6-9-14(10-7-12)17-16(20)13-4-2-1-3-5-13/h6-11,13H,1-5H2,(H,17,20)(H,18,19)/b11-8+. The van der Waals surface area contributed by atoms with Crippen LogP contribution in [0, 0.1) is 5.92 Å². The fourth-order valence-corrected chi connectivity index (χ4v) is 2.45. The lowest BCUT2D eigenvalue weighted by Gasteiger charge is -2.20. The van der Waals surface area contributed by atoms with Crippen molar-refractivity contribution in [3.8, 4) is 0 Å². The average molecular weight is 273 g/mol. The molecule has 0 atom stereocenters. The first-order valence-corrected chi connectivity index (χ1v) is 6.97. The zero-order valence-electron chi connectivity index (χ0n) is 11.3. The Bertz CT molecular complexity index is 499. The third kappa shape index (κ3) is 4.23. The summed E-state index contributed by atoms with van der Waals surface area (Å²) in [6.45, 7) is 0. The van der Waals surface area contributed by atoms with Gasteiger partial charge in [0.15, 0.2) is 0 Å². The molecule has 1 aromatic rings. The van der Waals surface area contributed by atoms with E-state index in [1.165, 1.54) is 12.5 Å². The van der Waals surface area contributed by atoms with E-state index in [0.717, 1.165) is 43.0 Å². The fraction of sp³-hybridized carbons (Fsp3) is 0.375. The Morgan fingerprint density at radius 1 is 1.10 bits per heavy atom. The molecule has 0 unspecified atom stereocenters. The SMILES string of the molecule is O=C(O)/C=C/c1ccc(NC(=O)C2CCCCC2)cc1. The van der Waals surface area contributed by atoms with E-state index in [-0.39, 0.29) is 11.8 Å². The minimum Gasteiger partial charge on any atom is -0.478 e. The van der Waals surface area contributed by atoms with Crippen LogP contribution in [0.2, 0.25) is 0 Å².